The summed E-state index contributed by atoms with van der Waals surface area (Å²) in [6, 6.07) is 16.3. The van der Waals surface area contributed by atoms with Gasteiger partial charge in [-0.1, -0.05) is 42.3 Å². The average Bonchev–Trinajstić information content (AvgIpc) is 3.18. The zero-order chi connectivity index (χ0) is 22.5. The molecule has 0 N–H and O–H groups in total. The number of thioether (sulfide) groups is 1. The van der Waals surface area contributed by atoms with Gasteiger partial charge in [0.2, 0.25) is 5.89 Å². The van der Waals surface area contributed by atoms with Gasteiger partial charge < -0.3 is 9.32 Å². The predicted octanol–water partition coefficient (Wildman–Crippen LogP) is 6.87. The third-order valence-electron chi connectivity index (χ3n) is 4.71. The van der Waals surface area contributed by atoms with Crippen molar-refractivity contribution < 1.29 is 9.21 Å². The van der Waals surface area contributed by atoms with Crippen LogP contribution in [0.1, 0.15) is 35.2 Å². The summed E-state index contributed by atoms with van der Waals surface area (Å²) < 4.78 is 5.89. The molecule has 0 saturated carbocycles. The van der Waals surface area contributed by atoms with Gasteiger partial charge >= 0.3 is 0 Å². The number of rotatable bonds is 8. The van der Waals surface area contributed by atoms with Crippen molar-refractivity contribution >= 4 is 52.0 Å². The lowest BCUT2D eigenvalue weighted by atomic mass is 10.2. The third kappa shape index (κ3) is 5.44. The van der Waals surface area contributed by atoms with Crippen LogP contribution in [0.5, 0.6) is 0 Å². The van der Waals surface area contributed by atoms with Crippen LogP contribution in [0.3, 0.4) is 0 Å². The van der Waals surface area contributed by atoms with E-state index in [1.165, 1.54) is 0 Å². The van der Waals surface area contributed by atoms with Crippen LogP contribution in [-0.4, -0.2) is 26.5 Å². The fourth-order valence-electron chi connectivity index (χ4n) is 3.27. The molecule has 0 unspecified atom stereocenters. The van der Waals surface area contributed by atoms with Gasteiger partial charge in [0.05, 0.1) is 12.1 Å². The Morgan fingerprint density at radius 1 is 1.06 bits per heavy atom. The van der Waals surface area contributed by atoms with E-state index in [-0.39, 0.29) is 12.5 Å². The number of fused-ring (bicyclic) bond motifs is 1. The summed E-state index contributed by atoms with van der Waals surface area (Å²) in [6.07, 6.45) is 2.70. The van der Waals surface area contributed by atoms with E-state index in [1.54, 1.807) is 47.1 Å². The van der Waals surface area contributed by atoms with Crippen LogP contribution in [0.2, 0.25) is 10.0 Å². The Bertz CT molecular complexity index is 1240. The molecule has 2 aromatic heterocycles. The van der Waals surface area contributed by atoms with Crippen molar-refractivity contribution in [1.82, 2.24) is 14.9 Å². The number of benzene rings is 2. The molecule has 2 aromatic carbocycles. The van der Waals surface area contributed by atoms with Crippen molar-refractivity contribution in [3.05, 3.63) is 87.9 Å². The van der Waals surface area contributed by atoms with Gasteiger partial charge in [0.1, 0.15) is 10.5 Å². The summed E-state index contributed by atoms with van der Waals surface area (Å²) >= 11 is 13.8. The number of halogens is 2. The second kappa shape index (κ2) is 10.4. The number of hydrogen-bond acceptors (Lipinski definition) is 5. The number of oxazole rings is 1. The smallest absolute Gasteiger partial charge is 0.257 e. The fraction of sp³-hybridized carbons (Fsp3) is 0.208. The summed E-state index contributed by atoms with van der Waals surface area (Å²) in [5, 5.41) is 1.92. The van der Waals surface area contributed by atoms with Crippen LogP contribution in [0.25, 0.3) is 11.1 Å². The van der Waals surface area contributed by atoms with Crippen LogP contribution in [-0.2, 0) is 13.1 Å². The highest BCUT2D eigenvalue weighted by atomic mass is 35.5. The second-order valence-electron chi connectivity index (χ2n) is 7.22. The van der Waals surface area contributed by atoms with Crippen molar-refractivity contribution in [2.45, 2.75) is 31.5 Å². The molecule has 5 nitrogen and oxygen atoms in total. The normalized spacial score (nSPS) is 11.1. The molecule has 0 fully saturated rings. The first-order valence-corrected chi connectivity index (χ1v) is 11.9. The maximum absolute atomic E-state index is 13.6. The maximum atomic E-state index is 13.6. The molecule has 0 bridgehead atoms. The van der Waals surface area contributed by atoms with Gasteiger partial charge in [-0.2, -0.15) is 0 Å². The zero-order valence-electron chi connectivity index (χ0n) is 17.4. The molecule has 1 amide bonds. The number of hydrogen-bond donors (Lipinski definition) is 0. The van der Waals surface area contributed by atoms with Crippen molar-refractivity contribution in [1.29, 1.82) is 0 Å². The van der Waals surface area contributed by atoms with Crippen molar-refractivity contribution in [2.75, 3.05) is 5.75 Å². The lowest BCUT2D eigenvalue weighted by Gasteiger charge is -2.22. The topological polar surface area (TPSA) is 59.2 Å². The Morgan fingerprint density at radius 2 is 1.91 bits per heavy atom. The molecule has 0 radical (unpaired) electrons. The molecule has 0 saturated heterocycles. The molecule has 0 aliphatic heterocycles. The van der Waals surface area contributed by atoms with Gasteiger partial charge in [0, 0.05) is 22.8 Å². The van der Waals surface area contributed by atoms with Crippen molar-refractivity contribution in [3.8, 4) is 0 Å². The Morgan fingerprint density at radius 3 is 2.72 bits per heavy atom. The molecule has 2 heterocycles. The monoisotopic (exact) mass is 485 g/mol. The van der Waals surface area contributed by atoms with Crippen LogP contribution < -0.4 is 0 Å². The Labute approximate surface area is 200 Å². The van der Waals surface area contributed by atoms with Gasteiger partial charge in [-0.25, -0.2) is 9.97 Å². The number of carbonyl (C=O) groups excluding carboxylic acids is 1. The minimum atomic E-state index is -0.142. The highest BCUT2D eigenvalue weighted by Gasteiger charge is 2.22. The van der Waals surface area contributed by atoms with Gasteiger partial charge in [0.25, 0.3) is 5.91 Å². The molecular formula is C24H21Cl2N3O2S. The number of aromatic nitrogens is 2. The highest BCUT2D eigenvalue weighted by Crippen LogP contribution is 2.25. The largest absolute Gasteiger partial charge is 0.439 e. The fourth-order valence-corrected chi connectivity index (χ4v) is 4.50. The molecule has 0 aliphatic rings. The van der Waals surface area contributed by atoms with Crippen molar-refractivity contribution in [2.24, 2.45) is 0 Å². The summed E-state index contributed by atoms with van der Waals surface area (Å²) in [4.78, 5) is 24.3. The quantitative estimate of drug-likeness (QED) is 0.254. The summed E-state index contributed by atoms with van der Waals surface area (Å²) in [7, 11) is 0. The first-order chi connectivity index (χ1) is 15.5. The molecular weight excluding hydrogens is 465 g/mol. The van der Waals surface area contributed by atoms with E-state index in [0.717, 1.165) is 22.8 Å². The van der Waals surface area contributed by atoms with E-state index in [9.17, 15) is 4.79 Å². The van der Waals surface area contributed by atoms with E-state index >= 15 is 0 Å². The molecule has 4 aromatic rings. The van der Waals surface area contributed by atoms with E-state index in [2.05, 4.69) is 16.9 Å². The van der Waals surface area contributed by atoms with Gasteiger partial charge in [-0.05, 0) is 60.2 Å². The summed E-state index contributed by atoms with van der Waals surface area (Å²) in [5.41, 5.74) is 2.76. The maximum Gasteiger partial charge on any atom is 0.257 e. The summed E-state index contributed by atoms with van der Waals surface area (Å²) in [6.45, 7) is 2.65. The molecule has 32 heavy (non-hydrogen) atoms. The van der Waals surface area contributed by atoms with E-state index < -0.39 is 0 Å². The average molecular weight is 486 g/mol. The predicted molar refractivity (Wildman–Crippen MR) is 129 cm³/mol. The Balaban J connectivity index is 1.67. The van der Waals surface area contributed by atoms with Gasteiger partial charge in [-0.3, -0.25) is 4.79 Å². The molecule has 4 rings (SSSR count). The van der Waals surface area contributed by atoms with Crippen LogP contribution >= 0.6 is 35.0 Å². The van der Waals surface area contributed by atoms with Crippen molar-refractivity contribution in [3.63, 3.8) is 0 Å². The third-order valence-corrected chi connectivity index (χ3v) is 6.40. The van der Waals surface area contributed by atoms with E-state index in [0.29, 0.717) is 39.1 Å². The van der Waals surface area contributed by atoms with Gasteiger partial charge in [-0.15, -0.1) is 11.8 Å². The van der Waals surface area contributed by atoms with Gasteiger partial charge in [0.15, 0.2) is 5.58 Å². The van der Waals surface area contributed by atoms with Crippen LogP contribution in [0.4, 0.5) is 0 Å². The van der Waals surface area contributed by atoms with E-state index in [4.69, 9.17) is 27.6 Å². The first kappa shape index (κ1) is 22.6. The molecule has 164 valence electrons. The SMILES string of the molecule is CCCSc1ncccc1C(=O)N(Cc1cccc(Cl)c1)Cc1nc2cc(Cl)ccc2o1. The lowest BCUT2D eigenvalue weighted by molar-refractivity contribution is 0.0711. The number of pyridine rings is 1. The lowest BCUT2D eigenvalue weighted by Crippen LogP contribution is -2.31. The highest BCUT2D eigenvalue weighted by molar-refractivity contribution is 7.99. The van der Waals surface area contributed by atoms with Crippen LogP contribution in [0.15, 0.2) is 70.2 Å². The molecule has 8 heteroatoms. The Kier molecular flexibility index (Phi) is 7.35. The Hall–Kier alpha value is -2.54. The van der Waals surface area contributed by atoms with Crippen LogP contribution in [0, 0.1) is 0 Å². The number of nitrogens with zero attached hydrogens (tertiary/aromatic N) is 3. The molecule has 0 spiro atoms. The zero-order valence-corrected chi connectivity index (χ0v) is 19.8. The first-order valence-electron chi connectivity index (χ1n) is 10.2. The standard InChI is InChI=1S/C24H21Cl2N3O2S/c1-2-11-32-23-19(7-4-10-27-23)24(30)29(14-16-5-3-6-17(25)12-16)15-22-28-20-13-18(26)8-9-21(20)31-22/h3-10,12-13H,2,11,14-15H2,1H3. The minimum absolute atomic E-state index is 0.142. The minimum Gasteiger partial charge on any atom is -0.439 e. The number of carbonyl (C=O) groups is 1. The van der Waals surface area contributed by atoms with E-state index in [1.807, 2.05) is 30.3 Å². The number of amides is 1. The molecule has 0 aliphatic carbocycles. The summed E-state index contributed by atoms with van der Waals surface area (Å²) in [5.74, 6) is 1.18. The second-order valence-corrected chi connectivity index (χ2v) is 9.17. The molecule has 0 atom stereocenters.